The first-order valence-electron chi connectivity index (χ1n) is 18.5. The van der Waals surface area contributed by atoms with Crippen molar-refractivity contribution in [3.05, 3.63) is 90.3 Å². The van der Waals surface area contributed by atoms with Crippen LogP contribution < -0.4 is 9.62 Å². The lowest BCUT2D eigenvalue weighted by molar-refractivity contribution is -0.144. The number of nitrogens with zero attached hydrogens (tertiary/aromatic N) is 4. The Morgan fingerprint density at radius 3 is 2.28 bits per heavy atom. The molecule has 12 heteroatoms. The molecule has 276 valence electrons. The molecule has 1 fully saturated rings. The standard InChI is InChI=1S/C41H45N5O6S/c1-2-27-9-13-29(14-10-27)30-17-19-31(20-18-30)34-21-43-41(44-22-34)33-15-11-28(12-16-33)24-45(26-39(49)50)38(48)23-42-37(47)25-46-35-7-3-5-32-6-4-8-36(40(32)35)53(46,51)52/h3-8,11-12,15-16,19,21-22,27,29-30H,2,9-10,13-14,17-18,20,23-26H2,1H3,(H,42,47)(H,49,50). The Kier molecular flexibility index (Phi) is 10.6. The molecule has 0 spiro atoms. The number of amides is 2. The minimum Gasteiger partial charge on any atom is -0.480 e. The average molecular weight is 736 g/mol. The van der Waals surface area contributed by atoms with Crippen LogP contribution in [0.2, 0.25) is 0 Å². The maximum absolute atomic E-state index is 13.2. The first kappa shape index (κ1) is 36.3. The highest BCUT2D eigenvalue weighted by atomic mass is 32.2. The first-order chi connectivity index (χ1) is 25.6. The highest BCUT2D eigenvalue weighted by molar-refractivity contribution is 7.93. The Labute approximate surface area is 310 Å². The number of carboxylic acids is 1. The summed E-state index contributed by atoms with van der Waals surface area (Å²) in [4.78, 5) is 48.3. The minimum absolute atomic E-state index is 0.00587. The van der Waals surface area contributed by atoms with Gasteiger partial charge >= 0.3 is 5.97 Å². The Morgan fingerprint density at radius 1 is 0.906 bits per heavy atom. The topological polar surface area (TPSA) is 150 Å². The number of hydrogen-bond acceptors (Lipinski definition) is 7. The van der Waals surface area contributed by atoms with Crippen molar-refractivity contribution < 1.29 is 27.9 Å². The van der Waals surface area contributed by atoms with Gasteiger partial charge in [0.25, 0.3) is 10.0 Å². The van der Waals surface area contributed by atoms with E-state index >= 15 is 0 Å². The number of carbonyl (C=O) groups is 3. The SMILES string of the molecule is CCC1CCC(C2CC=C(c3cnc(-c4ccc(CN(CC(=O)O)C(=O)CNC(=O)CN5c6cccc7cccc(c67)S5(=O)=O)cc4)nc3)CC2)CC1. The smallest absolute Gasteiger partial charge is 0.323 e. The van der Waals surface area contributed by atoms with Crippen LogP contribution in [0.15, 0.2) is 84.0 Å². The van der Waals surface area contributed by atoms with Crippen LogP contribution in [0.5, 0.6) is 0 Å². The van der Waals surface area contributed by atoms with Crippen molar-refractivity contribution in [3.8, 4) is 11.4 Å². The van der Waals surface area contributed by atoms with Gasteiger partial charge in [-0.3, -0.25) is 18.7 Å². The lowest BCUT2D eigenvalue weighted by Gasteiger charge is -2.35. The molecule has 2 N–H and O–H groups in total. The molecule has 1 aromatic heterocycles. The average Bonchev–Trinajstić information content (AvgIpc) is 3.40. The monoisotopic (exact) mass is 735 g/mol. The third-order valence-corrected chi connectivity index (χ3v) is 13.1. The number of nitrogens with one attached hydrogen (secondary N) is 1. The fourth-order valence-corrected chi connectivity index (χ4v) is 9.90. The minimum atomic E-state index is -3.96. The van der Waals surface area contributed by atoms with Crippen LogP contribution in [-0.2, 0) is 31.0 Å². The van der Waals surface area contributed by atoms with E-state index in [2.05, 4.69) is 28.3 Å². The molecule has 0 bridgehead atoms. The fraction of sp³-hybridized carbons (Fsp3) is 0.390. The lowest BCUT2D eigenvalue weighted by Crippen LogP contribution is -2.45. The molecule has 1 unspecified atom stereocenters. The highest BCUT2D eigenvalue weighted by Crippen LogP contribution is 2.43. The predicted octanol–water partition coefficient (Wildman–Crippen LogP) is 6.44. The Balaban J connectivity index is 0.932. The Morgan fingerprint density at radius 2 is 1.62 bits per heavy atom. The number of sulfonamides is 1. The second-order valence-corrected chi connectivity index (χ2v) is 16.3. The number of aromatic nitrogens is 2. The van der Waals surface area contributed by atoms with Gasteiger partial charge in [0.15, 0.2) is 5.82 Å². The van der Waals surface area contributed by atoms with E-state index in [0.717, 1.165) is 56.3 Å². The van der Waals surface area contributed by atoms with E-state index in [0.29, 0.717) is 22.5 Å². The number of carboxylic acid groups (broad SMARTS) is 1. The summed E-state index contributed by atoms with van der Waals surface area (Å²) in [5, 5.41) is 13.3. The van der Waals surface area contributed by atoms with Gasteiger partial charge in [-0.2, -0.15) is 0 Å². The summed E-state index contributed by atoms with van der Waals surface area (Å²) in [6.07, 6.45) is 16.4. The second-order valence-electron chi connectivity index (χ2n) is 14.5. The molecule has 0 saturated heterocycles. The normalized spacial score (nSPS) is 20.5. The van der Waals surface area contributed by atoms with Crippen molar-refractivity contribution in [2.45, 2.75) is 69.7 Å². The first-order valence-corrected chi connectivity index (χ1v) is 20.0. The quantitative estimate of drug-likeness (QED) is 0.169. The summed E-state index contributed by atoms with van der Waals surface area (Å²) in [5.74, 6) is 0.623. The third kappa shape index (κ3) is 7.83. The number of hydrogen-bond donors (Lipinski definition) is 2. The van der Waals surface area contributed by atoms with Crippen LogP contribution in [0.1, 0.15) is 69.4 Å². The number of aliphatic carboxylic acids is 1. The molecule has 2 heterocycles. The van der Waals surface area contributed by atoms with Crippen LogP contribution in [-0.4, -0.2) is 65.8 Å². The highest BCUT2D eigenvalue weighted by Gasteiger charge is 2.37. The van der Waals surface area contributed by atoms with Crippen LogP contribution >= 0.6 is 0 Å². The van der Waals surface area contributed by atoms with Crippen molar-refractivity contribution in [2.75, 3.05) is 23.9 Å². The summed E-state index contributed by atoms with van der Waals surface area (Å²) in [6, 6.07) is 17.4. The summed E-state index contributed by atoms with van der Waals surface area (Å²) < 4.78 is 27.5. The van der Waals surface area contributed by atoms with E-state index in [1.165, 1.54) is 50.2 Å². The van der Waals surface area contributed by atoms with Gasteiger partial charge < -0.3 is 15.3 Å². The molecule has 1 atom stereocenters. The van der Waals surface area contributed by atoms with E-state index in [4.69, 9.17) is 0 Å². The van der Waals surface area contributed by atoms with Crippen molar-refractivity contribution in [1.29, 1.82) is 0 Å². The summed E-state index contributed by atoms with van der Waals surface area (Å²) in [7, 11) is -3.96. The van der Waals surface area contributed by atoms with E-state index in [-0.39, 0.29) is 11.4 Å². The van der Waals surface area contributed by atoms with Gasteiger partial charge in [0.1, 0.15) is 13.1 Å². The molecular formula is C41H45N5O6S. The Bertz CT molecular complexity index is 2140. The van der Waals surface area contributed by atoms with Gasteiger partial charge in [-0.05, 0) is 78.5 Å². The molecule has 7 rings (SSSR count). The molecule has 0 radical (unpaired) electrons. The van der Waals surface area contributed by atoms with E-state index in [9.17, 15) is 27.9 Å². The van der Waals surface area contributed by atoms with Crippen LogP contribution in [0.3, 0.4) is 0 Å². The van der Waals surface area contributed by atoms with E-state index in [1.54, 1.807) is 42.5 Å². The zero-order valence-corrected chi connectivity index (χ0v) is 30.7. The summed E-state index contributed by atoms with van der Waals surface area (Å²) >= 11 is 0. The zero-order chi connectivity index (χ0) is 37.1. The van der Waals surface area contributed by atoms with E-state index < -0.39 is 47.4 Å². The van der Waals surface area contributed by atoms with Crippen molar-refractivity contribution in [1.82, 2.24) is 20.2 Å². The van der Waals surface area contributed by atoms with Gasteiger partial charge in [0, 0.05) is 35.5 Å². The van der Waals surface area contributed by atoms with Gasteiger partial charge in [0.05, 0.1) is 17.1 Å². The van der Waals surface area contributed by atoms with Crippen molar-refractivity contribution in [3.63, 3.8) is 0 Å². The van der Waals surface area contributed by atoms with Crippen LogP contribution in [0.4, 0.5) is 5.69 Å². The lowest BCUT2D eigenvalue weighted by atomic mass is 9.71. The summed E-state index contributed by atoms with van der Waals surface area (Å²) in [6.45, 7) is 0.718. The van der Waals surface area contributed by atoms with Gasteiger partial charge in [0.2, 0.25) is 11.8 Å². The largest absolute Gasteiger partial charge is 0.480 e. The molecule has 4 aromatic rings. The molecule has 3 aromatic carbocycles. The third-order valence-electron chi connectivity index (χ3n) is 11.3. The number of allylic oxidation sites excluding steroid dienone is 2. The number of carbonyl (C=O) groups excluding carboxylic acids is 2. The molecule has 1 aliphatic heterocycles. The maximum Gasteiger partial charge on any atom is 0.323 e. The second kappa shape index (κ2) is 15.5. The number of benzene rings is 3. The van der Waals surface area contributed by atoms with Gasteiger partial charge in [-0.25, -0.2) is 18.4 Å². The molecule has 1 saturated carbocycles. The number of anilines is 1. The zero-order valence-electron chi connectivity index (χ0n) is 29.9. The summed E-state index contributed by atoms with van der Waals surface area (Å²) in [5.41, 5.74) is 4.24. The molecule has 53 heavy (non-hydrogen) atoms. The van der Waals surface area contributed by atoms with Gasteiger partial charge in [-0.15, -0.1) is 0 Å². The van der Waals surface area contributed by atoms with Crippen LogP contribution in [0.25, 0.3) is 27.7 Å². The van der Waals surface area contributed by atoms with Crippen molar-refractivity contribution in [2.24, 2.45) is 17.8 Å². The molecular weight excluding hydrogens is 691 g/mol. The fourth-order valence-electron chi connectivity index (χ4n) is 8.23. The predicted molar refractivity (Wildman–Crippen MR) is 203 cm³/mol. The van der Waals surface area contributed by atoms with Crippen LogP contribution in [0, 0.1) is 17.8 Å². The van der Waals surface area contributed by atoms with Gasteiger partial charge in [-0.1, -0.05) is 80.8 Å². The molecule has 2 amide bonds. The Hall–Kier alpha value is -5.10. The maximum atomic E-state index is 13.2. The van der Waals surface area contributed by atoms with E-state index in [1.807, 2.05) is 24.5 Å². The number of rotatable bonds is 12. The molecule has 2 aliphatic carbocycles. The molecule has 11 nitrogen and oxygen atoms in total. The van der Waals surface area contributed by atoms with Crippen molar-refractivity contribution >= 4 is 49.8 Å². The molecule has 3 aliphatic rings.